The molecule has 98 valence electrons. The Labute approximate surface area is 112 Å². The molecule has 0 unspecified atom stereocenters. The summed E-state index contributed by atoms with van der Waals surface area (Å²) in [7, 11) is 1.75. The van der Waals surface area contributed by atoms with E-state index >= 15 is 0 Å². The Kier molecular flexibility index (Phi) is 5.65. The van der Waals surface area contributed by atoms with Crippen LogP contribution in [0.25, 0.3) is 0 Å². The lowest BCUT2D eigenvalue weighted by Gasteiger charge is -2.20. The molecule has 0 aliphatic rings. The van der Waals surface area contributed by atoms with E-state index in [1.54, 1.807) is 30.1 Å². The van der Waals surface area contributed by atoms with Gasteiger partial charge in [0.15, 0.2) is 6.29 Å². The second-order valence-corrected chi connectivity index (χ2v) is 4.40. The van der Waals surface area contributed by atoms with Crippen molar-refractivity contribution in [3.8, 4) is 0 Å². The number of hydrogen-bond donors (Lipinski definition) is 1. The zero-order valence-corrected chi connectivity index (χ0v) is 11.3. The molecule has 4 nitrogen and oxygen atoms in total. The molecule has 0 aliphatic heterocycles. The number of carbonyl (C=O) groups is 2. The second kappa shape index (κ2) is 7.01. The van der Waals surface area contributed by atoms with Crippen LogP contribution in [0.15, 0.2) is 18.2 Å². The molecule has 1 rings (SSSR count). The highest BCUT2D eigenvalue weighted by molar-refractivity contribution is 6.33. The molecule has 0 aromatic heterocycles. The number of carbonyl (C=O) groups excluding carboxylic acids is 2. The van der Waals surface area contributed by atoms with Crippen LogP contribution in [0.4, 0.5) is 5.69 Å². The van der Waals surface area contributed by atoms with Gasteiger partial charge in [0.05, 0.1) is 17.1 Å². The monoisotopic (exact) mass is 268 g/mol. The van der Waals surface area contributed by atoms with Crippen molar-refractivity contribution in [2.45, 2.75) is 13.3 Å². The van der Waals surface area contributed by atoms with Crippen LogP contribution in [0, 0.1) is 0 Å². The van der Waals surface area contributed by atoms with Crippen LogP contribution in [0.3, 0.4) is 0 Å². The number of rotatable bonds is 6. The number of benzene rings is 1. The molecule has 0 bridgehead atoms. The number of likely N-dealkylation sites (N-methyl/N-ethyl adjacent to an activating group) is 1. The predicted molar refractivity (Wildman–Crippen MR) is 73.4 cm³/mol. The highest BCUT2D eigenvalue weighted by Gasteiger charge is 2.12. The van der Waals surface area contributed by atoms with E-state index in [1.807, 2.05) is 6.92 Å². The number of anilines is 1. The molecule has 1 aromatic rings. The van der Waals surface area contributed by atoms with Gasteiger partial charge >= 0.3 is 0 Å². The van der Waals surface area contributed by atoms with Crippen molar-refractivity contribution < 1.29 is 9.59 Å². The standard InChI is InChI=1S/C13H17ClN2O2/c1-3-7-15-13(18)8-16(2)12-6-4-5-11(14)10(12)9-17/h4-6,9H,3,7-8H2,1-2H3,(H,15,18). The van der Waals surface area contributed by atoms with E-state index in [4.69, 9.17) is 11.6 Å². The Morgan fingerprint density at radius 1 is 1.50 bits per heavy atom. The molecule has 1 amide bonds. The molecule has 0 aliphatic carbocycles. The number of halogens is 1. The maximum Gasteiger partial charge on any atom is 0.239 e. The molecule has 0 saturated heterocycles. The van der Waals surface area contributed by atoms with Crippen molar-refractivity contribution >= 4 is 29.5 Å². The first-order chi connectivity index (χ1) is 8.60. The summed E-state index contributed by atoms with van der Waals surface area (Å²) in [4.78, 5) is 24.3. The van der Waals surface area contributed by atoms with Crippen molar-refractivity contribution in [1.82, 2.24) is 5.32 Å². The Morgan fingerprint density at radius 3 is 2.83 bits per heavy atom. The highest BCUT2D eigenvalue weighted by atomic mass is 35.5. The highest BCUT2D eigenvalue weighted by Crippen LogP contribution is 2.24. The third-order valence-corrected chi connectivity index (χ3v) is 2.84. The van der Waals surface area contributed by atoms with Crippen LogP contribution in [0.2, 0.25) is 5.02 Å². The molecule has 0 spiro atoms. The summed E-state index contributed by atoms with van der Waals surface area (Å²) in [5.74, 6) is -0.0730. The molecular formula is C13H17ClN2O2. The van der Waals surface area contributed by atoms with Crippen LogP contribution in [-0.4, -0.2) is 32.3 Å². The van der Waals surface area contributed by atoms with Crippen molar-refractivity contribution in [1.29, 1.82) is 0 Å². The third-order valence-electron chi connectivity index (χ3n) is 2.51. The van der Waals surface area contributed by atoms with Crippen molar-refractivity contribution in [3.63, 3.8) is 0 Å². The van der Waals surface area contributed by atoms with Gasteiger partial charge in [-0.15, -0.1) is 0 Å². The minimum atomic E-state index is -0.0730. The molecule has 1 N–H and O–H groups in total. The van der Waals surface area contributed by atoms with Crippen LogP contribution < -0.4 is 10.2 Å². The first kappa shape index (κ1) is 14.5. The predicted octanol–water partition coefficient (Wildman–Crippen LogP) is 2.11. The number of hydrogen-bond acceptors (Lipinski definition) is 3. The molecule has 0 fully saturated rings. The molecule has 1 aromatic carbocycles. The average molecular weight is 269 g/mol. The SMILES string of the molecule is CCCNC(=O)CN(C)c1cccc(Cl)c1C=O. The number of amides is 1. The normalized spacial score (nSPS) is 9.94. The van der Waals surface area contributed by atoms with E-state index in [1.165, 1.54) is 0 Å². The molecule has 0 saturated carbocycles. The minimum Gasteiger partial charge on any atom is -0.365 e. The molecular weight excluding hydrogens is 252 g/mol. The summed E-state index contributed by atoms with van der Waals surface area (Å²) in [5, 5.41) is 3.18. The van der Waals surface area contributed by atoms with Gasteiger partial charge in [-0.2, -0.15) is 0 Å². The fourth-order valence-corrected chi connectivity index (χ4v) is 1.81. The van der Waals surface area contributed by atoms with Crippen molar-refractivity contribution in [2.75, 3.05) is 25.0 Å². The van der Waals surface area contributed by atoms with Gasteiger partial charge in [-0.3, -0.25) is 9.59 Å². The van der Waals surface area contributed by atoms with Crippen LogP contribution in [0.5, 0.6) is 0 Å². The number of nitrogens with zero attached hydrogens (tertiary/aromatic N) is 1. The molecule has 0 atom stereocenters. The third kappa shape index (κ3) is 3.74. The summed E-state index contributed by atoms with van der Waals surface area (Å²) in [6.45, 7) is 2.84. The van der Waals surface area contributed by atoms with Gasteiger partial charge in [0, 0.05) is 19.3 Å². The second-order valence-electron chi connectivity index (χ2n) is 4.00. The van der Waals surface area contributed by atoms with E-state index in [-0.39, 0.29) is 12.5 Å². The van der Waals surface area contributed by atoms with Gasteiger partial charge in [-0.05, 0) is 18.6 Å². The average Bonchev–Trinajstić information content (AvgIpc) is 2.35. The minimum absolute atomic E-state index is 0.0730. The maximum absolute atomic E-state index is 11.6. The Hall–Kier alpha value is -1.55. The van der Waals surface area contributed by atoms with Crippen molar-refractivity contribution in [2.24, 2.45) is 0 Å². The molecule has 5 heteroatoms. The first-order valence-corrected chi connectivity index (χ1v) is 6.19. The van der Waals surface area contributed by atoms with E-state index in [2.05, 4.69) is 5.32 Å². The molecule has 0 heterocycles. The largest absolute Gasteiger partial charge is 0.365 e. The fourth-order valence-electron chi connectivity index (χ4n) is 1.60. The zero-order chi connectivity index (χ0) is 13.5. The zero-order valence-electron chi connectivity index (χ0n) is 10.6. The fraction of sp³-hybridized carbons (Fsp3) is 0.385. The van der Waals surface area contributed by atoms with Gasteiger partial charge in [0.1, 0.15) is 0 Å². The van der Waals surface area contributed by atoms with Crippen LogP contribution in [0.1, 0.15) is 23.7 Å². The topological polar surface area (TPSA) is 49.4 Å². The lowest BCUT2D eigenvalue weighted by Crippen LogP contribution is -2.35. The van der Waals surface area contributed by atoms with E-state index < -0.39 is 0 Å². The number of nitrogens with one attached hydrogen (secondary N) is 1. The molecule has 18 heavy (non-hydrogen) atoms. The van der Waals surface area contributed by atoms with E-state index in [0.29, 0.717) is 29.1 Å². The van der Waals surface area contributed by atoms with Gasteiger partial charge in [0.2, 0.25) is 5.91 Å². The van der Waals surface area contributed by atoms with Gasteiger partial charge < -0.3 is 10.2 Å². The summed E-state index contributed by atoms with van der Waals surface area (Å²) >= 11 is 5.94. The summed E-state index contributed by atoms with van der Waals surface area (Å²) in [6, 6.07) is 5.17. The lowest BCUT2D eigenvalue weighted by molar-refractivity contribution is -0.119. The first-order valence-electron chi connectivity index (χ1n) is 5.81. The lowest BCUT2D eigenvalue weighted by atomic mass is 10.2. The van der Waals surface area contributed by atoms with Crippen molar-refractivity contribution in [3.05, 3.63) is 28.8 Å². The quantitative estimate of drug-likeness (QED) is 0.804. The maximum atomic E-state index is 11.6. The van der Waals surface area contributed by atoms with Crippen LogP contribution in [-0.2, 0) is 4.79 Å². The summed E-state index contributed by atoms with van der Waals surface area (Å²) < 4.78 is 0. The Bertz CT molecular complexity index is 435. The summed E-state index contributed by atoms with van der Waals surface area (Å²) in [6.07, 6.45) is 1.60. The van der Waals surface area contributed by atoms with Gasteiger partial charge in [-0.1, -0.05) is 24.6 Å². The molecule has 0 radical (unpaired) electrons. The van der Waals surface area contributed by atoms with E-state index in [0.717, 1.165) is 6.42 Å². The van der Waals surface area contributed by atoms with Gasteiger partial charge in [-0.25, -0.2) is 0 Å². The number of aldehydes is 1. The summed E-state index contributed by atoms with van der Waals surface area (Å²) in [5.41, 5.74) is 1.06. The Balaban J connectivity index is 2.78. The van der Waals surface area contributed by atoms with E-state index in [9.17, 15) is 9.59 Å². The van der Waals surface area contributed by atoms with Gasteiger partial charge in [0.25, 0.3) is 0 Å². The van der Waals surface area contributed by atoms with Crippen LogP contribution >= 0.6 is 11.6 Å². The Morgan fingerprint density at radius 2 is 2.22 bits per heavy atom. The smallest absolute Gasteiger partial charge is 0.239 e.